The van der Waals surface area contributed by atoms with E-state index in [1.54, 1.807) is 6.92 Å². The molecule has 19 heavy (non-hydrogen) atoms. The maximum atomic E-state index is 10.3. The summed E-state index contributed by atoms with van der Waals surface area (Å²) >= 11 is 0. The van der Waals surface area contributed by atoms with Crippen LogP contribution in [0, 0.1) is 5.92 Å². The number of hydrogen-bond donors (Lipinski definition) is 2. The molecule has 2 atom stereocenters. The van der Waals surface area contributed by atoms with Crippen molar-refractivity contribution < 1.29 is 10.2 Å². The van der Waals surface area contributed by atoms with Gasteiger partial charge in [0, 0.05) is 0 Å². The Bertz CT molecular complexity index is 190. The molecule has 0 rings (SSSR count). The summed E-state index contributed by atoms with van der Waals surface area (Å²) in [4.78, 5) is 0. The fraction of sp³-hybridized carbons (Fsp3) is 1.00. The highest BCUT2D eigenvalue weighted by atomic mass is 16.3. The lowest BCUT2D eigenvalue weighted by molar-refractivity contribution is -0.0533. The minimum Gasteiger partial charge on any atom is -0.393 e. The smallest absolute Gasteiger partial charge is 0.0877 e. The highest BCUT2D eigenvalue weighted by Gasteiger charge is 2.29. The predicted octanol–water partition coefficient (Wildman–Crippen LogP) is 4.68. The molecule has 0 bridgehead atoms. The van der Waals surface area contributed by atoms with Gasteiger partial charge in [0.15, 0.2) is 0 Å². The van der Waals surface area contributed by atoms with E-state index in [1.807, 2.05) is 0 Å². The second-order valence-electron chi connectivity index (χ2n) is 6.26. The molecule has 0 radical (unpaired) electrons. The summed E-state index contributed by atoms with van der Waals surface area (Å²) in [6.07, 6.45) is 13.4. The Hall–Kier alpha value is -0.0800. The van der Waals surface area contributed by atoms with Crippen LogP contribution in [-0.2, 0) is 0 Å². The van der Waals surface area contributed by atoms with Gasteiger partial charge in [0.2, 0.25) is 0 Å². The Labute approximate surface area is 120 Å². The van der Waals surface area contributed by atoms with Crippen LogP contribution in [0.25, 0.3) is 0 Å². The summed E-state index contributed by atoms with van der Waals surface area (Å²) in [6.45, 7) is 6.13. The van der Waals surface area contributed by atoms with Crippen LogP contribution in [0.5, 0.6) is 0 Å². The highest BCUT2D eigenvalue weighted by molar-refractivity contribution is 4.81. The quantitative estimate of drug-likeness (QED) is 0.478. The van der Waals surface area contributed by atoms with Gasteiger partial charge in [0.25, 0.3) is 0 Å². The molecule has 0 aliphatic heterocycles. The van der Waals surface area contributed by atoms with Gasteiger partial charge in [-0.1, -0.05) is 71.6 Å². The number of hydrogen-bond acceptors (Lipinski definition) is 2. The lowest BCUT2D eigenvalue weighted by Crippen LogP contribution is -2.38. The zero-order chi connectivity index (χ0) is 14.6. The van der Waals surface area contributed by atoms with Gasteiger partial charge in [-0.25, -0.2) is 0 Å². The monoisotopic (exact) mass is 272 g/mol. The van der Waals surface area contributed by atoms with Crippen molar-refractivity contribution in [3.8, 4) is 0 Å². The third kappa shape index (κ3) is 9.45. The number of unbranched alkanes of at least 4 members (excludes halogenated alkanes) is 7. The van der Waals surface area contributed by atoms with E-state index in [0.717, 1.165) is 12.8 Å². The highest BCUT2D eigenvalue weighted by Crippen LogP contribution is 2.28. The van der Waals surface area contributed by atoms with Crippen molar-refractivity contribution in [2.24, 2.45) is 5.92 Å². The van der Waals surface area contributed by atoms with Crippen LogP contribution in [0.3, 0.4) is 0 Å². The third-order valence-corrected chi connectivity index (χ3v) is 4.26. The fourth-order valence-corrected chi connectivity index (χ4v) is 2.71. The van der Waals surface area contributed by atoms with E-state index in [4.69, 9.17) is 0 Å². The Morgan fingerprint density at radius 2 is 1.21 bits per heavy atom. The zero-order valence-corrected chi connectivity index (χ0v) is 13.5. The lowest BCUT2D eigenvalue weighted by atomic mass is 9.81. The van der Waals surface area contributed by atoms with Crippen LogP contribution in [0.4, 0.5) is 0 Å². The largest absolute Gasteiger partial charge is 0.393 e. The van der Waals surface area contributed by atoms with Gasteiger partial charge in [-0.3, -0.25) is 0 Å². The Morgan fingerprint density at radius 1 is 0.789 bits per heavy atom. The molecule has 0 aromatic rings. The van der Waals surface area contributed by atoms with Crippen molar-refractivity contribution in [2.75, 3.05) is 6.61 Å². The maximum Gasteiger partial charge on any atom is 0.0877 e. The van der Waals surface area contributed by atoms with Crippen molar-refractivity contribution in [1.82, 2.24) is 0 Å². The maximum absolute atomic E-state index is 10.3. The molecule has 0 aromatic heterocycles. The molecule has 2 nitrogen and oxygen atoms in total. The summed E-state index contributed by atoms with van der Waals surface area (Å²) in [5.74, 6) is 0.260. The normalized spacial score (nSPS) is 16.3. The van der Waals surface area contributed by atoms with Crippen molar-refractivity contribution in [3.63, 3.8) is 0 Å². The molecule has 0 fully saturated rings. The zero-order valence-electron chi connectivity index (χ0n) is 13.5. The second kappa shape index (κ2) is 11.7. The average molecular weight is 272 g/mol. The van der Waals surface area contributed by atoms with Crippen molar-refractivity contribution in [3.05, 3.63) is 0 Å². The van der Waals surface area contributed by atoms with Crippen LogP contribution in [0.2, 0.25) is 0 Å². The van der Waals surface area contributed by atoms with E-state index in [9.17, 15) is 10.2 Å². The average Bonchev–Trinajstić information content (AvgIpc) is 2.40. The third-order valence-electron chi connectivity index (χ3n) is 4.26. The standard InChI is InChI=1S/C17H36O2/c1-4-6-8-10-12-14-16(17(3,19)15-18)13-11-9-7-5-2/h16,18-19H,4-15H2,1-3H3/t16?,17-/m0/s1. The van der Waals surface area contributed by atoms with E-state index in [1.165, 1.54) is 57.8 Å². The summed E-state index contributed by atoms with van der Waals surface area (Å²) in [5.41, 5.74) is -0.892. The molecule has 0 saturated heterocycles. The SMILES string of the molecule is CCCCCCCC(CCCCCC)[C@@](C)(O)CO. The predicted molar refractivity (Wildman–Crippen MR) is 83.3 cm³/mol. The van der Waals surface area contributed by atoms with Gasteiger partial charge in [-0.15, -0.1) is 0 Å². The molecule has 2 N–H and O–H groups in total. The Morgan fingerprint density at radius 3 is 1.63 bits per heavy atom. The van der Waals surface area contributed by atoms with E-state index in [2.05, 4.69) is 13.8 Å². The summed E-state index contributed by atoms with van der Waals surface area (Å²) < 4.78 is 0. The topological polar surface area (TPSA) is 40.5 Å². The molecule has 0 aliphatic rings. The number of rotatable bonds is 13. The minimum atomic E-state index is -0.892. The van der Waals surface area contributed by atoms with E-state index in [0.29, 0.717) is 0 Å². The molecule has 0 heterocycles. The minimum absolute atomic E-state index is 0.111. The van der Waals surface area contributed by atoms with Crippen molar-refractivity contribution in [2.45, 2.75) is 97.0 Å². The van der Waals surface area contributed by atoms with Crippen LogP contribution >= 0.6 is 0 Å². The first-order valence-electron chi connectivity index (χ1n) is 8.41. The first kappa shape index (κ1) is 18.9. The molecule has 1 unspecified atom stereocenters. The number of aliphatic hydroxyl groups is 2. The molecular weight excluding hydrogens is 236 g/mol. The van der Waals surface area contributed by atoms with Crippen LogP contribution in [-0.4, -0.2) is 22.4 Å². The van der Waals surface area contributed by atoms with Crippen molar-refractivity contribution >= 4 is 0 Å². The van der Waals surface area contributed by atoms with Gasteiger partial charge in [-0.05, 0) is 25.7 Å². The van der Waals surface area contributed by atoms with Crippen LogP contribution in [0.1, 0.15) is 91.4 Å². The fourth-order valence-electron chi connectivity index (χ4n) is 2.71. The summed E-state index contributed by atoms with van der Waals surface area (Å²) in [6, 6.07) is 0. The number of aliphatic hydroxyl groups excluding tert-OH is 1. The van der Waals surface area contributed by atoms with Crippen LogP contribution in [0.15, 0.2) is 0 Å². The van der Waals surface area contributed by atoms with E-state index >= 15 is 0 Å². The summed E-state index contributed by atoms with van der Waals surface area (Å²) in [5, 5.41) is 19.7. The second-order valence-corrected chi connectivity index (χ2v) is 6.26. The Kier molecular flexibility index (Phi) is 11.7. The van der Waals surface area contributed by atoms with Crippen LogP contribution < -0.4 is 0 Å². The molecule has 0 spiro atoms. The molecule has 0 saturated carbocycles. The van der Waals surface area contributed by atoms with Gasteiger partial charge in [0.05, 0.1) is 12.2 Å². The molecule has 0 aromatic carbocycles. The first-order chi connectivity index (χ1) is 9.08. The lowest BCUT2D eigenvalue weighted by Gasteiger charge is -2.31. The molecule has 0 aliphatic carbocycles. The summed E-state index contributed by atoms with van der Waals surface area (Å²) in [7, 11) is 0. The van der Waals surface area contributed by atoms with E-state index < -0.39 is 5.60 Å². The van der Waals surface area contributed by atoms with Gasteiger partial charge >= 0.3 is 0 Å². The first-order valence-corrected chi connectivity index (χ1v) is 8.41. The molecule has 0 amide bonds. The van der Waals surface area contributed by atoms with Gasteiger partial charge in [-0.2, -0.15) is 0 Å². The van der Waals surface area contributed by atoms with Gasteiger partial charge < -0.3 is 10.2 Å². The molecular formula is C17H36O2. The Balaban J connectivity index is 3.97. The van der Waals surface area contributed by atoms with Gasteiger partial charge in [0.1, 0.15) is 0 Å². The molecule has 2 heteroatoms. The molecule has 116 valence electrons. The van der Waals surface area contributed by atoms with E-state index in [-0.39, 0.29) is 12.5 Å². The van der Waals surface area contributed by atoms with Crippen molar-refractivity contribution in [1.29, 1.82) is 0 Å².